The van der Waals surface area contributed by atoms with Crippen molar-refractivity contribution in [2.75, 3.05) is 0 Å². The Morgan fingerprint density at radius 1 is 1.39 bits per heavy atom. The van der Waals surface area contributed by atoms with Gasteiger partial charge in [0.1, 0.15) is 0 Å². The molecule has 1 aromatic carbocycles. The Kier molecular flexibility index (Phi) is 4.28. The SMILES string of the molecule is NC1CCCC(OCc2ccccc2[N+](=O)[O-])C1. The van der Waals surface area contributed by atoms with E-state index in [0.29, 0.717) is 5.56 Å². The third-order valence-corrected chi connectivity index (χ3v) is 3.33. The van der Waals surface area contributed by atoms with Crippen LogP contribution in [0.3, 0.4) is 0 Å². The first-order valence-corrected chi connectivity index (χ1v) is 6.26. The van der Waals surface area contributed by atoms with E-state index in [4.69, 9.17) is 10.5 Å². The molecule has 5 heteroatoms. The molecule has 0 saturated heterocycles. The molecule has 0 bridgehead atoms. The molecule has 1 saturated carbocycles. The highest BCUT2D eigenvalue weighted by Crippen LogP contribution is 2.23. The van der Waals surface area contributed by atoms with Crippen LogP contribution in [0.25, 0.3) is 0 Å². The van der Waals surface area contributed by atoms with Gasteiger partial charge in [0.2, 0.25) is 0 Å². The van der Waals surface area contributed by atoms with Crippen molar-refractivity contribution >= 4 is 5.69 Å². The second-order valence-electron chi connectivity index (χ2n) is 4.75. The van der Waals surface area contributed by atoms with Crippen molar-refractivity contribution in [1.82, 2.24) is 0 Å². The van der Waals surface area contributed by atoms with Gasteiger partial charge in [-0.25, -0.2) is 0 Å². The van der Waals surface area contributed by atoms with E-state index in [1.165, 1.54) is 6.07 Å². The van der Waals surface area contributed by atoms with Crippen LogP contribution in [0.5, 0.6) is 0 Å². The number of nitro benzene ring substituents is 1. The second-order valence-corrected chi connectivity index (χ2v) is 4.75. The Morgan fingerprint density at radius 2 is 2.17 bits per heavy atom. The largest absolute Gasteiger partial charge is 0.373 e. The van der Waals surface area contributed by atoms with Crippen LogP contribution in [0.4, 0.5) is 5.69 Å². The zero-order valence-corrected chi connectivity index (χ0v) is 10.2. The van der Waals surface area contributed by atoms with Crippen LogP contribution in [-0.4, -0.2) is 17.1 Å². The summed E-state index contributed by atoms with van der Waals surface area (Å²) in [7, 11) is 0. The minimum Gasteiger partial charge on any atom is -0.373 e. The highest BCUT2D eigenvalue weighted by molar-refractivity contribution is 5.39. The fourth-order valence-electron chi connectivity index (χ4n) is 2.35. The molecule has 1 aliphatic rings. The summed E-state index contributed by atoms with van der Waals surface area (Å²) in [6.07, 6.45) is 4.09. The molecule has 0 aromatic heterocycles. The molecule has 0 radical (unpaired) electrons. The molecular weight excluding hydrogens is 232 g/mol. The van der Waals surface area contributed by atoms with E-state index in [1.807, 2.05) is 0 Å². The van der Waals surface area contributed by atoms with Gasteiger partial charge in [0, 0.05) is 12.1 Å². The van der Waals surface area contributed by atoms with E-state index in [1.54, 1.807) is 18.2 Å². The maximum absolute atomic E-state index is 10.9. The van der Waals surface area contributed by atoms with Gasteiger partial charge >= 0.3 is 0 Å². The van der Waals surface area contributed by atoms with Crippen molar-refractivity contribution in [2.45, 2.75) is 44.4 Å². The first-order valence-electron chi connectivity index (χ1n) is 6.26. The number of nitro groups is 1. The minimum atomic E-state index is -0.370. The van der Waals surface area contributed by atoms with Crippen molar-refractivity contribution < 1.29 is 9.66 Å². The Labute approximate surface area is 106 Å². The van der Waals surface area contributed by atoms with Crippen molar-refractivity contribution in [3.63, 3.8) is 0 Å². The number of benzene rings is 1. The summed E-state index contributed by atoms with van der Waals surface area (Å²) >= 11 is 0. The summed E-state index contributed by atoms with van der Waals surface area (Å²) in [5, 5.41) is 10.9. The molecule has 1 fully saturated rings. The number of nitrogens with zero attached hydrogens (tertiary/aromatic N) is 1. The van der Waals surface area contributed by atoms with E-state index >= 15 is 0 Å². The fourth-order valence-corrected chi connectivity index (χ4v) is 2.35. The number of hydrogen-bond donors (Lipinski definition) is 1. The number of rotatable bonds is 4. The third-order valence-electron chi connectivity index (χ3n) is 3.33. The first kappa shape index (κ1) is 13.0. The standard InChI is InChI=1S/C13H18N2O3/c14-11-5-3-6-12(8-11)18-9-10-4-1-2-7-13(10)15(16)17/h1-2,4,7,11-12H,3,5-6,8-9,14H2. The van der Waals surface area contributed by atoms with E-state index in [0.717, 1.165) is 25.7 Å². The summed E-state index contributed by atoms with van der Waals surface area (Å²) in [5.74, 6) is 0. The smallest absolute Gasteiger partial charge is 0.274 e. The zero-order chi connectivity index (χ0) is 13.0. The van der Waals surface area contributed by atoms with Gasteiger partial charge in [0.05, 0.1) is 23.2 Å². The Morgan fingerprint density at radius 3 is 2.89 bits per heavy atom. The number of ether oxygens (including phenoxy) is 1. The monoisotopic (exact) mass is 250 g/mol. The van der Waals surface area contributed by atoms with Crippen LogP contribution in [0.2, 0.25) is 0 Å². The maximum Gasteiger partial charge on any atom is 0.274 e. The first-order chi connectivity index (χ1) is 8.66. The summed E-state index contributed by atoms with van der Waals surface area (Å²) in [4.78, 5) is 10.5. The van der Waals surface area contributed by atoms with Gasteiger partial charge < -0.3 is 10.5 Å². The predicted molar refractivity (Wildman–Crippen MR) is 68.1 cm³/mol. The van der Waals surface area contributed by atoms with Crippen LogP contribution in [0.15, 0.2) is 24.3 Å². The van der Waals surface area contributed by atoms with Crippen LogP contribution in [0, 0.1) is 10.1 Å². The summed E-state index contributed by atoms with van der Waals surface area (Å²) in [6.45, 7) is 0.286. The molecular formula is C13H18N2O3. The zero-order valence-electron chi connectivity index (χ0n) is 10.2. The lowest BCUT2D eigenvalue weighted by Crippen LogP contribution is -2.32. The topological polar surface area (TPSA) is 78.4 Å². The maximum atomic E-state index is 10.9. The molecule has 1 aromatic rings. The summed E-state index contributed by atoms with van der Waals surface area (Å²) in [5.41, 5.74) is 6.63. The molecule has 2 atom stereocenters. The van der Waals surface area contributed by atoms with Gasteiger partial charge in [0.25, 0.3) is 5.69 Å². The van der Waals surface area contributed by atoms with Gasteiger partial charge in [-0.1, -0.05) is 12.1 Å². The van der Waals surface area contributed by atoms with Crippen LogP contribution >= 0.6 is 0 Å². The van der Waals surface area contributed by atoms with E-state index in [-0.39, 0.29) is 29.4 Å². The normalized spacial score (nSPS) is 23.8. The molecule has 0 heterocycles. The Bertz CT molecular complexity index is 422. The highest BCUT2D eigenvalue weighted by Gasteiger charge is 2.21. The third kappa shape index (κ3) is 3.27. The van der Waals surface area contributed by atoms with Crippen molar-refractivity contribution in [3.8, 4) is 0 Å². The van der Waals surface area contributed by atoms with Crippen LogP contribution in [0.1, 0.15) is 31.2 Å². The number of hydrogen-bond acceptors (Lipinski definition) is 4. The minimum absolute atomic E-state index is 0.123. The van der Waals surface area contributed by atoms with E-state index in [9.17, 15) is 10.1 Å². The average Bonchev–Trinajstić information content (AvgIpc) is 2.37. The van der Waals surface area contributed by atoms with Gasteiger partial charge in [0.15, 0.2) is 0 Å². The van der Waals surface area contributed by atoms with Crippen molar-refractivity contribution in [3.05, 3.63) is 39.9 Å². The van der Waals surface area contributed by atoms with Gasteiger partial charge in [-0.3, -0.25) is 10.1 Å². The van der Waals surface area contributed by atoms with Crippen LogP contribution < -0.4 is 5.73 Å². The van der Waals surface area contributed by atoms with Gasteiger partial charge in [-0.2, -0.15) is 0 Å². The molecule has 2 N–H and O–H groups in total. The lowest BCUT2D eigenvalue weighted by atomic mass is 9.93. The van der Waals surface area contributed by atoms with Gasteiger partial charge in [-0.05, 0) is 31.7 Å². The molecule has 0 aliphatic heterocycles. The Balaban J connectivity index is 1.95. The molecule has 18 heavy (non-hydrogen) atoms. The molecule has 2 unspecified atom stereocenters. The quantitative estimate of drug-likeness (QED) is 0.657. The molecule has 0 spiro atoms. The van der Waals surface area contributed by atoms with E-state index in [2.05, 4.69) is 0 Å². The lowest BCUT2D eigenvalue weighted by Gasteiger charge is -2.26. The van der Waals surface area contributed by atoms with Crippen molar-refractivity contribution in [1.29, 1.82) is 0 Å². The molecule has 98 valence electrons. The predicted octanol–water partition coefficient (Wildman–Crippen LogP) is 2.38. The van der Waals surface area contributed by atoms with Crippen LogP contribution in [-0.2, 0) is 11.3 Å². The van der Waals surface area contributed by atoms with Gasteiger partial charge in [-0.15, -0.1) is 0 Å². The summed E-state index contributed by atoms with van der Waals surface area (Å²) < 4.78 is 5.75. The van der Waals surface area contributed by atoms with Crippen molar-refractivity contribution in [2.24, 2.45) is 5.73 Å². The number of para-hydroxylation sites is 1. The molecule has 5 nitrogen and oxygen atoms in total. The van der Waals surface area contributed by atoms with E-state index < -0.39 is 0 Å². The summed E-state index contributed by atoms with van der Waals surface area (Å²) in [6, 6.07) is 6.90. The molecule has 1 aliphatic carbocycles. The lowest BCUT2D eigenvalue weighted by molar-refractivity contribution is -0.386. The fraction of sp³-hybridized carbons (Fsp3) is 0.538. The number of nitrogens with two attached hydrogens (primary N) is 1. The molecule has 0 amide bonds. The Hall–Kier alpha value is -1.46. The average molecular weight is 250 g/mol. The molecule has 2 rings (SSSR count). The second kappa shape index (κ2) is 5.93. The highest BCUT2D eigenvalue weighted by atomic mass is 16.6.